The van der Waals surface area contributed by atoms with Gasteiger partial charge in [0.15, 0.2) is 5.78 Å². The molecule has 0 bridgehead atoms. The number of rotatable bonds is 1. The van der Waals surface area contributed by atoms with Gasteiger partial charge in [0.2, 0.25) is 0 Å². The van der Waals surface area contributed by atoms with Crippen LogP contribution in [0.5, 0.6) is 0 Å². The van der Waals surface area contributed by atoms with Crippen LogP contribution in [0.3, 0.4) is 0 Å². The normalized spacial score (nSPS) is 23.3. The van der Waals surface area contributed by atoms with Gasteiger partial charge in [-0.25, -0.2) is 0 Å². The van der Waals surface area contributed by atoms with Gasteiger partial charge in [-0.1, -0.05) is 25.4 Å². The number of pyridine rings is 1. The molecule has 1 aliphatic heterocycles. The van der Waals surface area contributed by atoms with Gasteiger partial charge in [0.25, 0.3) is 0 Å². The van der Waals surface area contributed by atoms with Gasteiger partial charge in [-0.15, -0.1) is 0 Å². The Balaban J connectivity index is 2.22. The van der Waals surface area contributed by atoms with Crippen LogP contribution in [-0.2, 0) is 4.79 Å². The lowest BCUT2D eigenvalue weighted by atomic mass is 9.69. The first kappa shape index (κ1) is 15.8. The highest BCUT2D eigenvalue weighted by molar-refractivity contribution is 6.31. The van der Waals surface area contributed by atoms with Crippen LogP contribution in [0.2, 0.25) is 5.02 Å². The van der Waals surface area contributed by atoms with Crippen molar-refractivity contribution in [1.29, 1.82) is 5.26 Å². The SMILES string of the molecule is CC1=C(C#N)[C@@H](c2ccncc2Cl)C2=C(CC(C)(C)CC2=O)N1. The zero-order valence-corrected chi connectivity index (χ0v) is 14.2. The van der Waals surface area contributed by atoms with Crippen LogP contribution < -0.4 is 5.32 Å². The minimum Gasteiger partial charge on any atom is -0.361 e. The highest BCUT2D eigenvalue weighted by Crippen LogP contribution is 2.47. The molecule has 0 radical (unpaired) electrons. The van der Waals surface area contributed by atoms with E-state index >= 15 is 0 Å². The maximum absolute atomic E-state index is 12.8. The Morgan fingerprint density at radius 1 is 1.43 bits per heavy atom. The van der Waals surface area contributed by atoms with Crippen molar-refractivity contribution in [2.45, 2.75) is 39.5 Å². The summed E-state index contributed by atoms with van der Waals surface area (Å²) in [6.45, 7) is 6.05. The van der Waals surface area contributed by atoms with Gasteiger partial charge < -0.3 is 5.32 Å². The van der Waals surface area contributed by atoms with Crippen LogP contribution in [0.4, 0.5) is 0 Å². The van der Waals surface area contributed by atoms with Crippen LogP contribution in [0.15, 0.2) is 41.0 Å². The summed E-state index contributed by atoms with van der Waals surface area (Å²) >= 11 is 6.31. The number of aromatic nitrogens is 1. The number of nitriles is 1. The van der Waals surface area contributed by atoms with Gasteiger partial charge in [-0.05, 0) is 30.4 Å². The Kier molecular flexibility index (Phi) is 3.77. The van der Waals surface area contributed by atoms with Gasteiger partial charge in [0.1, 0.15) is 0 Å². The van der Waals surface area contributed by atoms with Crippen LogP contribution in [0, 0.1) is 16.7 Å². The lowest BCUT2D eigenvalue weighted by Gasteiger charge is -2.38. The largest absolute Gasteiger partial charge is 0.361 e. The van der Waals surface area contributed by atoms with Crippen molar-refractivity contribution < 1.29 is 4.79 Å². The van der Waals surface area contributed by atoms with E-state index in [4.69, 9.17) is 11.6 Å². The summed E-state index contributed by atoms with van der Waals surface area (Å²) in [6.07, 6.45) is 4.46. The molecular weight excluding hydrogens is 310 g/mol. The zero-order chi connectivity index (χ0) is 16.8. The summed E-state index contributed by atoms with van der Waals surface area (Å²) < 4.78 is 0. The molecule has 23 heavy (non-hydrogen) atoms. The number of ketones is 1. The second kappa shape index (κ2) is 5.50. The van der Waals surface area contributed by atoms with Crippen molar-refractivity contribution in [2.24, 2.45) is 5.41 Å². The lowest BCUT2D eigenvalue weighted by molar-refractivity contribution is -0.118. The summed E-state index contributed by atoms with van der Waals surface area (Å²) in [5, 5.41) is 13.4. The summed E-state index contributed by atoms with van der Waals surface area (Å²) in [4.78, 5) is 16.8. The summed E-state index contributed by atoms with van der Waals surface area (Å²) in [7, 11) is 0. The minimum absolute atomic E-state index is 0.0834. The van der Waals surface area contributed by atoms with Crippen molar-refractivity contribution >= 4 is 17.4 Å². The van der Waals surface area contributed by atoms with Gasteiger partial charge in [0.05, 0.1) is 22.6 Å². The number of dihydropyridines is 1. The molecule has 1 aromatic rings. The van der Waals surface area contributed by atoms with Crippen molar-refractivity contribution in [1.82, 2.24) is 10.3 Å². The molecule has 0 saturated carbocycles. The number of hydrogen-bond donors (Lipinski definition) is 1. The van der Waals surface area contributed by atoms with Crippen molar-refractivity contribution in [3.8, 4) is 6.07 Å². The fourth-order valence-corrected chi connectivity index (χ4v) is 3.74. The summed E-state index contributed by atoms with van der Waals surface area (Å²) in [6, 6.07) is 4.05. The highest BCUT2D eigenvalue weighted by Gasteiger charge is 2.41. The van der Waals surface area contributed by atoms with Gasteiger partial charge in [0, 0.05) is 35.8 Å². The second-order valence-corrected chi connectivity index (χ2v) is 7.35. The number of Topliss-reactive ketones (excluding diaryl/α,β-unsaturated/α-hetero) is 1. The topological polar surface area (TPSA) is 65.8 Å². The quantitative estimate of drug-likeness (QED) is 0.850. The Morgan fingerprint density at radius 2 is 2.17 bits per heavy atom. The van der Waals surface area contributed by atoms with E-state index in [-0.39, 0.29) is 11.2 Å². The molecule has 5 heteroatoms. The number of nitrogens with zero attached hydrogens (tertiary/aromatic N) is 2. The molecule has 1 atom stereocenters. The maximum atomic E-state index is 12.8. The molecule has 0 saturated heterocycles. The molecule has 1 aromatic heterocycles. The Morgan fingerprint density at radius 3 is 2.83 bits per heavy atom. The molecule has 0 amide bonds. The summed E-state index contributed by atoms with van der Waals surface area (Å²) in [5.74, 6) is -0.322. The first-order valence-electron chi connectivity index (χ1n) is 7.57. The van der Waals surface area contributed by atoms with Crippen LogP contribution in [-0.4, -0.2) is 10.8 Å². The minimum atomic E-state index is -0.407. The average Bonchev–Trinajstić information content (AvgIpc) is 2.45. The first-order valence-corrected chi connectivity index (χ1v) is 7.95. The fourth-order valence-electron chi connectivity index (χ4n) is 3.52. The van der Waals surface area contributed by atoms with Gasteiger partial charge >= 0.3 is 0 Å². The monoisotopic (exact) mass is 327 g/mol. The van der Waals surface area contributed by atoms with E-state index in [1.807, 2.05) is 6.92 Å². The molecule has 0 spiro atoms. The smallest absolute Gasteiger partial charge is 0.162 e. The maximum Gasteiger partial charge on any atom is 0.162 e. The molecule has 118 valence electrons. The predicted molar refractivity (Wildman–Crippen MR) is 88.5 cm³/mol. The van der Waals surface area contributed by atoms with E-state index < -0.39 is 5.92 Å². The standard InChI is InChI=1S/C18H18ClN3O/c1-10-12(8-20)16(11-4-5-21-9-13(11)19)17-14(22-10)6-18(2,3)7-15(17)23/h4-5,9,16,22H,6-7H2,1-3H3/t16-/m1/s1. The van der Waals surface area contributed by atoms with E-state index in [0.717, 1.165) is 23.4 Å². The van der Waals surface area contributed by atoms with E-state index in [2.05, 4.69) is 30.2 Å². The molecule has 1 N–H and O–H groups in total. The van der Waals surface area contributed by atoms with Crippen LogP contribution in [0.1, 0.15) is 45.1 Å². The molecule has 2 heterocycles. The van der Waals surface area contributed by atoms with Gasteiger partial charge in [-0.3, -0.25) is 9.78 Å². The third kappa shape index (κ3) is 2.66. The fraction of sp³-hybridized carbons (Fsp3) is 0.389. The molecule has 0 aromatic carbocycles. The van der Waals surface area contributed by atoms with Crippen LogP contribution >= 0.6 is 11.6 Å². The lowest BCUT2D eigenvalue weighted by Crippen LogP contribution is -2.36. The number of carbonyl (C=O) groups is 1. The molecule has 0 fully saturated rings. The Bertz CT molecular complexity index is 799. The van der Waals surface area contributed by atoms with Crippen molar-refractivity contribution in [3.63, 3.8) is 0 Å². The molecule has 2 aliphatic rings. The second-order valence-electron chi connectivity index (χ2n) is 6.94. The van der Waals surface area contributed by atoms with E-state index in [9.17, 15) is 10.1 Å². The predicted octanol–water partition coefficient (Wildman–Crippen LogP) is 3.86. The molecule has 4 nitrogen and oxygen atoms in total. The Labute approximate surface area is 140 Å². The number of allylic oxidation sites excluding steroid dienone is 4. The van der Waals surface area contributed by atoms with Crippen LogP contribution in [0.25, 0.3) is 0 Å². The van der Waals surface area contributed by atoms with Crippen molar-refractivity contribution in [2.75, 3.05) is 0 Å². The number of hydrogen-bond acceptors (Lipinski definition) is 4. The number of nitrogens with one attached hydrogen (secondary N) is 1. The number of carbonyl (C=O) groups excluding carboxylic acids is 1. The summed E-state index contributed by atoms with van der Waals surface area (Å²) in [5.41, 5.74) is 3.61. The van der Waals surface area contributed by atoms with E-state index in [0.29, 0.717) is 22.6 Å². The zero-order valence-electron chi connectivity index (χ0n) is 13.4. The van der Waals surface area contributed by atoms with Crippen molar-refractivity contribution in [3.05, 3.63) is 51.6 Å². The third-order valence-corrected chi connectivity index (χ3v) is 4.79. The van der Waals surface area contributed by atoms with Gasteiger partial charge in [-0.2, -0.15) is 5.26 Å². The van der Waals surface area contributed by atoms with E-state index in [1.165, 1.54) is 0 Å². The Hall–Kier alpha value is -2.12. The third-order valence-electron chi connectivity index (χ3n) is 4.47. The average molecular weight is 328 g/mol. The molecule has 1 aliphatic carbocycles. The van der Waals surface area contributed by atoms with E-state index in [1.54, 1.807) is 18.5 Å². The highest BCUT2D eigenvalue weighted by atomic mass is 35.5. The molecular formula is C18H18ClN3O. The first-order chi connectivity index (χ1) is 10.8. The molecule has 3 rings (SSSR count). The molecule has 0 unspecified atom stereocenters. The number of halogens is 1.